The highest BCUT2D eigenvalue weighted by molar-refractivity contribution is 7.93. The zero-order valence-electron chi connectivity index (χ0n) is 25.5. The lowest BCUT2D eigenvalue weighted by molar-refractivity contribution is -0.127. The summed E-state index contributed by atoms with van der Waals surface area (Å²) in [6.45, 7) is 4.95. The maximum Gasteiger partial charge on any atom is 0.271 e. The molecular weight excluding hydrogens is 632 g/mol. The predicted octanol–water partition coefficient (Wildman–Crippen LogP) is 5.38. The third-order valence-corrected chi connectivity index (χ3v) is 10.7. The fraction of sp³-hybridized carbons (Fsp3) is 0.333. The Morgan fingerprint density at radius 2 is 1.91 bits per heavy atom. The number of carbonyl (C=O) groups is 1. The van der Waals surface area contributed by atoms with Crippen LogP contribution in [-0.4, -0.2) is 50.7 Å². The zero-order chi connectivity index (χ0) is 32.2. The van der Waals surface area contributed by atoms with Gasteiger partial charge in [-0.3, -0.25) is 9.69 Å². The molecule has 1 amide bonds. The van der Waals surface area contributed by atoms with E-state index >= 15 is 4.79 Å². The third kappa shape index (κ3) is 4.74. The number of oxazole rings is 1. The summed E-state index contributed by atoms with van der Waals surface area (Å²) in [5.41, 5.74) is 0.199. The van der Waals surface area contributed by atoms with E-state index in [0.717, 1.165) is 9.87 Å². The summed E-state index contributed by atoms with van der Waals surface area (Å²) in [5, 5.41) is 3.78. The predicted molar refractivity (Wildman–Crippen MR) is 170 cm³/mol. The number of likely N-dealkylation sites (tertiary alicyclic amines) is 1. The van der Waals surface area contributed by atoms with E-state index < -0.39 is 27.5 Å². The van der Waals surface area contributed by atoms with Crippen LogP contribution in [0.1, 0.15) is 55.3 Å². The summed E-state index contributed by atoms with van der Waals surface area (Å²) < 4.78 is 53.0. The molecule has 46 heavy (non-hydrogen) atoms. The van der Waals surface area contributed by atoms with Gasteiger partial charge in [-0.05, 0) is 73.0 Å². The van der Waals surface area contributed by atoms with Crippen LogP contribution in [0.3, 0.4) is 0 Å². The number of hydrogen-bond donors (Lipinski definition) is 1. The molecule has 2 atom stereocenters. The molecule has 4 aromatic rings. The Morgan fingerprint density at radius 1 is 1.11 bits per heavy atom. The molecule has 3 aliphatic heterocycles. The van der Waals surface area contributed by atoms with Crippen molar-refractivity contribution >= 4 is 33.2 Å². The van der Waals surface area contributed by atoms with Crippen LogP contribution in [0.25, 0.3) is 0 Å². The zero-order valence-corrected chi connectivity index (χ0v) is 27.1. The minimum Gasteiger partial charge on any atom is -0.497 e. The smallest absolute Gasteiger partial charge is 0.271 e. The van der Waals surface area contributed by atoms with Gasteiger partial charge >= 0.3 is 0 Å². The number of rotatable bonds is 9. The molecule has 2 unspecified atom stereocenters. The second kappa shape index (κ2) is 11.6. The standard InChI is InChI=1S/C33H33ClN4O7S/c1-20(2)36-18-21-15-26(30-29(16-21)44-19-45-30)33(37-13-4-5-28(37)31-35-12-14-43-31)25-17-22(34)6-11-27(25)38(32(33)39)46(40,41)24-9-7-23(42-3)8-10-24/h6-12,14-17,20,28,36H,4-5,13,18-19H2,1-3H3. The number of nitrogens with one attached hydrogen (secondary N) is 1. The maximum absolute atomic E-state index is 15.5. The Kier molecular flexibility index (Phi) is 7.71. The monoisotopic (exact) mass is 664 g/mol. The first kappa shape index (κ1) is 30.5. The fourth-order valence-corrected chi connectivity index (χ4v) is 8.35. The van der Waals surface area contributed by atoms with Crippen molar-refractivity contribution < 1.29 is 31.8 Å². The number of fused-ring (bicyclic) bond motifs is 2. The largest absolute Gasteiger partial charge is 0.497 e. The summed E-state index contributed by atoms with van der Waals surface area (Å²) in [7, 11) is -2.93. The number of hydrogen-bond acceptors (Lipinski definition) is 10. The number of carbonyl (C=O) groups excluding carboxylic acids is 1. The number of ether oxygens (including phenoxy) is 3. The van der Waals surface area contributed by atoms with Crippen LogP contribution >= 0.6 is 11.6 Å². The van der Waals surface area contributed by atoms with Crippen LogP contribution in [0.2, 0.25) is 5.02 Å². The average Bonchev–Trinajstić information content (AvgIpc) is 3.86. The SMILES string of the molecule is COc1ccc(S(=O)(=O)N2C(=O)C(c3cc(CNC(C)C)cc4c3OCO4)(N3CCCC3c3ncco3)c3cc(Cl)ccc32)cc1. The van der Waals surface area contributed by atoms with Gasteiger partial charge in [0, 0.05) is 35.3 Å². The van der Waals surface area contributed by atoms with Crippen molar-refractivity contribution in [1.82, 2.24) is 15.2 Å². The van der Waals surface area contributed by atoms with Crippen molar-refractivity contribution in [1.29, 1.82) is 0 Å². The Balaban J connectivity index is 1.52. The molecule has 13 heteroatoms. The normalized spacial score (nSPS) is 20.9. The molecule has 1 fully saturated rings. The second-order valence-electron chi connectivity index (χ2n) is 11.8. The van der Waals surface area contributed by atoms with E-state index in [1.54, 1.807) is 36.5 Å². The lowest BCUT2D eigenvalue weighted by atomic mass is 9.80. The van der Waals surface area contributed by atoms with Crippen LogP contribution in [0.5, 0.6) is 17.2 Å². The van der Waals surface area contributed by atoms with E-state index in [4.69, 9.17) is 30.2 Å². The van der Waals surface area contributed by atoms with Crippen molar-refractivity contribution in [2.24, 2.45) is 0 Å². The van der Waals surface area contributed by atoms with Gasteiger partial charge in [-0.2, -0.15) is 0 Å². The summed E-state index contributed by atoms with van der Waals surface area (Å²) >= 11 is 6.67. The van der Waals surface area contributed by atoms with Crippen LogP contribution < -0.4 is 23.8 Å². The minimum atomic E-state index is -4.43. The second-order valence-corrected chi connectivity index (χ2v) is 14.0. The maximum atomic E-state index is 15.5. The molecular formula is C33H33ClN4O7S. The molecule has 0 radical (unpaired) electrons. The molecule has 1 saturated heterocycles. The van der Waals surface area contributed by atoms with Crippen LogP contribution in [0, 0.1) is 0 Å². The Labute approximate surface area is 272 Å². The van der Waals surface area contributed by atoms with Gasteiger partial charge in [0.15, 0.2) is 17.0 Å². The van der Waals surface area contributed by atoms with Crippen molar-refractivity contribution in [2.75, 3.05) is 24.8 Å². The number of benzene rings is 3. The van der Waals surface area contributed by atoms with Gasteiger partial charge in [0.2, 0.25) is 12.7 Å². The van der Waals surface area contributed by atoms with Crippen molar-refractivity contribution in [2.45, 2.75) is 55.8 Å². The number of aromatic nitrogens is 1. The van der Waals surface area contributed by atoms with Gasteiger partial charge in [0.1, 0.15) is 12.0 Å². The summed E-state index contributed by atoms with van der Waals surface area (Å²) in [5.74, 6) is 1.06. The van der Waals surface area contributed by atoms with Gasteiger partial charge in [-0.15, -0.1) is 0 Å². The molecule has 240 valence electrons. The Morgan fingerprint density at radius 3 is 2.63 bits per heavy atom. The Hall–Kier alpha value is -4.10. The molecule has 1 N–H and O–H groups in total. The first-order valence-electron chi connectivity index (χ1n) is 15.0. The van der Waals surface area contributed by atoms with E-state index in [9.17, 15) is 8.42 Å². The first-order chi connectivity index (χ1) is 22.2. The molecule has 0 bridgehead atoms. The number of anilines is 1. The molecule has 1 aromatic heterocycles. The van der Waals surface area contributed by atoms with E-state index in [2.05, 4.69) is 10.3 Å². The van der Waals surface area contributed by atoms with Crippen molar-refractivity contribution in [3.63, 3.8) is 0 Å². The highest BCUT2D eigenvalue weighted by Gasteiger charge is 2.63. The van der Waals surface area contributed by atoms with Crippen LogP contribution in [0.4, 0.5) is 5.69 Å². The van der Waals surface area contributed by atoms with E-state index in [0.29, 0.717) is 65.2 Å². The molecule has 7 rings (SSSR count). The number of nitrogens with zero attached hydrogens (tertiary/aromatic N) is 3. The van der Waals surface area contributed by atoms with Crippen LogP contribution in [0.15, 0.2) is 76.4 Å². The third-order valence-electron chi connectivity index (χ3n) is 8.72. The molecule has 4 heterocycles. The highest BCUT2D eigenvalue weighted by atomic mass is 35.5. The molecule has 0 aliphatic carbocycles. The lowest BCUT2D eigenvalue weighted by Crippen LogP contribution is -2.54. The number of halogens is 1. The summed E-state index contributed by atoms with van der Waals surface area (Å²) in [6.07, 6.45) is 4.39. The first-order valence-corrected chi connectivity index (χ1v) is 16.8. The van der Waals surface area contributed by atoms with Crippen LogP contribution in [-0.2, 0) is 26.9 Å². The summed E-state index contributed by atoms with van der Waals surface area (Å²) in [4.78, 5) is 21.9. The van der Waals surface area contributed by atoms with E-state index in [-0.39, 0.29) is 23.4 Å². The van der Waals surface area contributed by atoms with E-state index in [1.807, 2.05) is 30.9 Å². The van der Waals surface area contributed by atoms with Gasteiger partial charge in [0.25, 0.3) is 15.9 Å². The van der Waals surface area contributed by atoms with Crippen molar-refractivity contribution in [3.05, 3.63) is 94.7 Å². The fourth-order valence-electron chi connectivity index (χ4n) is 6.71. The van der Waals surface area contributed by atoms with Crippen molar-refractivity contribution in [3.8, 4) is 17.2 Å². The van der Waals surface area contributed by atoms with Gasteiger partial charge < -0.3 is 23.9 Å². The molecule has 3 aliphatic rings. The molecule has 0 saturated carbocycles. The molecule has 11 nitrogen and oxygen atoms in total. The number of methoxy groups -OCH3 is 1. The average molecular weight is 665 g/mol. The quantitative estimate of drug-likeness (QED) is 0.249. The molecule has 0 spiro atoms. The lowest BCUT2D eigenvalue weighted by Gasteiger charge is -2.41. The number of amides is 1. The van der Waals surface area contributed by atoms with Gasteiger partial charge in [-0.25, -0.2) is 17.7 Å². The minimum absolute atomic E-state index is 0.0485. The Bertz CT molecular complexity index is 1900. The van der Waals surface area contributed by atoms with E-state index in [1.165, 1.54) is 25.5 Å². The molecule has 3 aromatic carbocycles. The summed E-state index contributed by atoms with van der Waals surface area (Å²) in [6, 6.07) is 14.3. The van der Waals surface area contributed by atoms with Gasteiger partial charge in [-0.1, -0.05) is 25.4 Å². The van der Waals surface area contributed by atoms with Gasteiger partial charge in [0.05, 0.1) is 29.9 Å². The topological polar surface area (TPSA) is 123 Å². The number of sulfonamides is 1. The highest BCUT2D eigenvalue weighted by Crippen LogP contribution is 2.58.